The highest BCUT2D eigenvalue weighted by atomic mass is 16.5. The Labute approximate surface area is 303 Å². The van der Waals surface area contributed by atoms with Gasteiger partial charge in [-0.05, 0) is 136 Å². The molecule has 2 heteroatoms. The van der Waals surface area contributed by atoms with E-state index in [1.165, 1.54) is 83.5 Å². The van der Waals surface area contributed by atoms with Crippen LogP contribution in [0.2, 0.25) is 0 Å². The van der Waals surface area contributed by atoms with Crippen molar-refractivity contribution in [2.75, 3.05) is 0 Å². The Morgan fingerprint density at radius 3 is 2.14 bits per heavy atom. The molecule has 0 bridgehead atoms. The molecule has 0 amide bonds. The van der Waals surface area contributed by atoms with Gasteiger partial charge < -0.3 is 4.74 Å². The van der Waals surface area contributed by atoms with Crippen molar-refractivity contribution in [2.45, 2.75) is 182 Å². The minimum Gasteiger partial charge on any atom is -0.462 e. The number of allylic oxidation sites excluding steroid dienone is 9. The SMILES string of the molecule is CCCCC/C=C/C/C=C/C/C=C\C/C=C\CCCC(=O)O[C@@H]1CC[C@@]2(C)C(=CC[C@H]3[C@@H]4CC[C@H]([C@H](C)CCCC(C)C)[C@@]4(C)CC[C@@H]32)C1. The zero-order chi connectivity index (χ0) is 35.1. The monoisotopic (exact) mass is 673 g/mol. The second-order valence-electron chi connectivity index (χ2n) is 17.6. The molecule has 4 rings (SSSR count). The fraction of sp³-hybridized carbons (Fsp3) is 0.766. The van der Waals surface area contributed by atoms with E-state index in [-0.39, 0.29) is 12.1 Å². The zero-order valence-electron chi connectivity index (χ0n) is 32.9. The van der Waals surface area contributed by atoms with Crippen molar-refractivity contribution in [1.82, 2.24) is 0 Å². The van der Waals surface area contributed by atoms with Crippen LogP contribution in [0.4, 0.5) is 0 Å². The van der Waals surface area contributed by atoms with Gasteiger partial charge in [0.1, 0.15) is 6.10 Å². The minimum atomic E-state index is 0.00622. The predicted octanol–water partition coefficient (Wildman–Crippen LogP) is 14.1. The van der Waals surface area contributed by atoms with Crippen molar-refractivity contribution in [3.63, 3.8) is 0 Å². The Morgan fingerprint density at radius 1 is 0.796 bits per heavy atom. The van der Waals surface area contributed by atoms with E-state index in [9.17, 15) is 4.79 Å². The first-order chi connectivity index (χ1) is 23.7. The highest BCUT2D eigenvalue weighted by molar-refractivity contribution is 5.69. The van der Waals surface area contributed by atoms with Gasteiger partial charge in [-0.15, -0.1) is 0 Å². The van der Waals surface area contributed by atoms with Crippen LogP contribution in [0.5, 0.6) is 0 Å². The zero-order valence-corrected chi connectivity index (χ0v) is 32.9. The largest absolute Gasteiger partial charge is 0.462 e. The van der Waals surface area contributed by atoms with E-state index in [1.807, 2.05) is 0 Å². The van der Waals surface area contributed by atoms with Crippen LogP contribution < -0.4 is 0 Å². The van der Waals surface area contributed by atoms with Gasteiger partial charge in [0.2, 0.25) is 0 Å². The molecule has 0 aromatic rings. The Bertz CT molecular complexity index is 1140. The molecule has 0 N–H and O–H groups in total. The van der Waals surface area contributed by atoms with Crippen LogP contribution in [0.25, 0.3) is 0 Å². The number of carbonyl (C=O) groups is 1. The number of carbonyl (C=O) groups excluding carboxylic acids is 1. The topological polar surface area (TPSA) is 26.3 Å². The minimum absolute atomic E-state index is 0.00622. The van der Waals surface area contributed by atoms with E-state index in [4.69, 9.17) is 4.74 Å². The van der Waals surface area contributed by atoms with Gasteiger partial charge in [0.25, 0.3) is 0 Å². The van der Waals surface area contributed by atoms with E-state index in [2.05, 4.69) is 96.2 Å². The lowest BCUT2D eigenvalue weighted by Gasteiger charge is -2.58. The number of hydrogen-bond donors (Lipinski definition) is 0. The van der Waals surface area contributed by atoms with Crippen molar-refractivity contribution in [2.24, 2.45) is 46.3 Å². The normalized spacial score (nSPS) is 32.2. The quantitative estimate of drug-likeness (QED) is 0.0731. The highest BCUT2D eigenvalue weighted by Gasteiger charge is 2.59. The first-order valence-electron chi connectivity index (χ1n) is 21.2. The highest BCUT2D eigenvalue weighted by Crippen LogP contribution is 2.67. The van der Waals surface area contributed by atoms with Crippen LogP contribution >= 0.6 is 0 Å². The molecule has 4 aliphatic carbocycles. The van der Waals surface area contributed by atoms with Crippen molar-refractivity contribution >= 4 is 5.97 Å². The van der Waals surface area contributed by atoms with Crippen molar-refractivity contribution in [1.29, 1.82) is 0 Å². The third-order valence-electron chi connectivity index (χ3n) is 13.8. The number of esters is 1. The molecule has 0 aromatic carbocycles. The van der Waals surface area contributed by atoms with Crippen LogP contribution in [0.1, 0.15) is 176 Å². The van der Waals surface area contributed by atoms with Crippen LogP contribution in [-0.4, -0.2) is 12.1 Å². The van der Waals surface area contributed by atoms with Crippen molar-refractivity contribution < 1.29 is 9.53 Å². The molecule has 3 saturated carbocycles. The summed E-state index contributed by atoms with van der Waals surface area (Å²) in [4.78, 5) is 12.8. The molecular formula is C47H76O2. The number of ether oxygens (including phenoxy) is 1. The van der Waals surface area contributed by atoms with E-state index in [0.717, 1.165) is 80.5 Å². The summed E-state index contributed by atoms with van der Waals surface area (Å²) in [5, 5.41) is 0. The van der Waals surface area contributed by atoms with Gasteiger partial charge in [-0.25, -0.2) is 0 Å². The maximum absolute atomic E-state index is 12.8. The second kappa shape index (κ2) is 20.3. The van der Waals surface area contributed by atoms with Gasteiger partial charge in [-0.3, -0.25) is 4.79 Å². The summed E-state index contributed by atoms with van der Waals surface area (Å²) in [6.45, 7) is 14.9. The summed E-state index contributed by atoms with van der Waals surface area (Å²) in [5.41, 5.74) is 2.48. The second-order valence-corrected chi connectivity index (χ2v) is 17.6. The Hall–Kier alpha value is -1.83. The molecule has 0 aliphatic heterocycles. The van der Waals surface area contributed by atoms with Gasteiger partial charge in [-0.2, -0.15) is 0 Å². The van der Waals surface area contributed by atoms with E-state index < -0.39 is 0 Å². The molecule has 0 unspecified atom stereocenters. The van der Waals surface area contributed by atoms with E-state index in [1.54, 1.807) is 5.57 Å². The fourth-order valence-electron chi connectivity index (χ4n) is 10.9. The standard InChI is InChI=1S/C47H76O2/c1-7-8-9-10-11-12-13-14-15-16-17-18-19-20-21-22-23-27-45(48)49-40-32-34-46(5)39(36-40)28-29-41-43-31-30-42(38(4)26-24-25-37(2)3)47(43,6)35-33-44(41)46/h11-12,14-15,17-18,20-21,28,37-38,40-44H,7-10,13,16,19,22-27,29-36H2,1-6H3/b12-11+,15-14+,18-17-,21-20-/t38-,40-,41+,42-,43+,44+,46+,47-/m1/s1. The summed E-state index contributed by atoms with van der Waals surface area (Å²) in [5.74, 6) is 5.21. The lowest BCUT2D eigenvalue weighted by molar-refractivity contribution is -0.151. The Morgan fingerprint density at radius 2 is 1.47 bits per heavy atom. The molecular weight excluding hydrogens is 597 g/mol. The van der Waals surface area contributed by atoms with Gasteiger partial charge in [0.05, 0.1) is 0 Å². The summed E-state index contributed by atoms with van der Waals surface area (Å²) < 4.78 is 6.10. The smallest absolute Gasteiger partial charge is 0.306 e. The molecule has 276 valence electrons. The predicted molar refractivity (Wildman–Crippen MR) is 211 cm³/mol. The molecule has 0 spiro atoms. The summed E-state index contributed by atoms with van der Waals surface area (Å²) in [7, 11) is 0. The van der Waals surface area contributed by atoms with Crippen LogP contribution in [0, 0.1) is 46.3 Å². The summed E-state index contributed by atoms with van der Waals surface area (Å²) in [6.07, 6.45) is 45.7. The molecule has 49 heavy (non-hydrogen) atoms. The third-order valence-corrected chi connectivity index (χ3v) is 13.8. The van der Waals surface area contributed by atoms with Crippen LogP contribution in [0.3, 0.4) is 0 Å². The average Bonchev–Trinajstić information content (AvgIpc) is 3.43. The van der Waals surface area contributed by atoms with Crippen molar-refractivity contribution in [3.8, 4) is 0 Å². The lowest BCUT2D eigenvalue weighted by Crippen LogP contribution is -2.51. The first kappa shape index (κ1) is 39.9. The molecule has 8 atom stereocenters. The number of hydrogen-bond acceptors (Lipinski definition) is 2. The first-order valence-corrected chi connectivity index (χ1v) is 21.2. The molecule has 4 aliphatic rings. The number of rotatable bonds is 20. The van der Waals surface area contributed by atoms with Crippen LogP contribution in [0.15, 0.2) is 60.3 Å². The average molecular weight is 673 g/mol. The fourth-order valence-corrected chi connectivity index (χ4v) is 10.9. The number of fused-ring (bicyclic) bond motifs is 5. The molecule has 0 aromatic heterocycles. The molecule has 0 saturated heterocycles. The summed E-state index contributed by atoms with van der Waals surface area (Å²) >= 11 is 0. The summed E-state index contributed by atoms with van der Waals surface area (Å²) in [6, 6.07) is 0. The Kier molecular flexibility index (Phi) is 16.5. The van der Waals surface area contributed by atoms with E-state index >= 15 is 0 Å². The maximum atomic E-state index is 12.8. The van der Waals surface area contributed by atoms with E-state index in [0.29, 0.717) is 17.3 Å². The number of unbranched alkanes of at least 4 members (excludes halogenated alkanes) is 4. The third kappa shape index (κ3) is 11.3. The molecule has 2 nitrogen and oxygen atoms in total. The molecule has 3 fully saturated rings. The van der Waals surface area contributed by atoms with Crippen molar-refractivity contribution in [3.05, 3.63) is 60.3 Å². The van der Waals surface area contributed by atoms with Gasteiger partial charge in [-0.1, -0.05) is 134 Å². The Balaban J connectivity index is 1.13. The van der Waals surface area contributed by atoms with Gasteiger partial charge >= 0.3 is 5.97 Å². The van der Waals surface area contributed by atoms with Gasteiger partial charge in [0, 0.05) is 12.8 Å². The lowest BCUT2D eigenvalue weighted by atomic mass is 9.47. The van der Waals surface area contributed by atoms with Crippen LogP contribution in [-0.2, 0) is 9.53 Å². The molecule has 0 radical (unpaired) electrons. The maximum Gasteiger partial charge on any atom is 0.306 e. The van der Waals surface area contributed by atoms with Gasteiger partial charge in [0.15, 0.2) is 0 Å². The molecule has 0 heterocycles.